The van der Waals surface area contributed by atoms with Gasteiger partial charge in [-0.15, -0.1) is 0 Å². The molecule has 0 bridgehead atoms. The van der Waals surface area contributed by atoms with Gasteiger partial charge in [-0.2, -0.15) is 0 Å². The summed E-state index contributed by atoms with van der Waals surface area (Å²) in [5.74, 6) is 0.530. The van der Waals surface area contributed by atoms with Crippen molar-refractivity contribution in [2.24, 2.45) is 0 Å². The minimum atomic E-state index is -0.245. The SMILES string of the molecule is CCOc1ccc(NC(=O)c2ccc(NCCCOC)cn2)cc1. The Labute approximate surface area is 142 Å². The van der Waals surface area contributed by atoms with Gasteiger partial charge in [0.2, 0.25) is 0 Å². The molecule has 0 atom stereocenters. The molecule has 0 aliphatic rings. The van der Waals surface area contributed by atoms with Crippen LogP contribution in [0.2, 0.25) is 0 Å². The molecule has 6 heteroatoms. The molecule has 0 unspecified atom stereocenters. The summed E-state index contributed by atoms with van der Waals surface area (Å²) in [5, 5.41) is 6.04. The zero-order valence-corrected chi connectivity index (χ0v) is 14.0. The summed E-state index contributed by atoms with van der Waals surface area (Å²) in [4.78, 5) is 16.4. The van der Waals surface area contributed by atoms with Gasteiger partial charge >= 0.3 is 0 Å². The number of benzene rings is 1. The minimum absolute atomic E-state index is 0.245. The molecule has 2 aromatic rings. The van der Waals surface area contributed by atoms with Gasteiger partial charge in [0.15, 0.2) is 0 Å². The molecule has 6 nitrogen and oxygen atoms in total. The van der Waals surface area contributed by atoms with Crippen LogP contribution < -0.4 is 15.4 Å². The molecule has 24 heavy (non-hydrogen) atoms. The second-order valence-corrected chi connectivity index (χ2v) is 5.12. The van der Waals surface area contributed by atoms with Crippen molar-refractivity contribution < 1.29 is 14.3 Å². The first-order valence-corrected chi connectivity index (χ1v) is 7.96. The largest absolute Gasteiger partial charge is 0.494 e. The van der Waals surface area contributed by atoms with Crippen molar-refractivity contribution >= 4 is 17.3 Å². The average molecular weight is 329 g/mol. The van der Waals surface area contributed by atoms with Crippen LogP contribution in [0.5, 0.6) is 5.75 Å². The van der Waals surface area contributed by atoms with Crippen molar-refractivity contribution in [2.45, 2.75) is 13.3 Å². The smallest absolute Gasteiger partial charge is 0.274 e. The van der Waals surface area contributed by atoms with Crippen LogP contribution in [0.1, 0.15) is 23.8 Å². The Balaban J connectivity index is 1.87. The number of carbonyl (C=O) groups excluding carboxylic acids is 1. The van der Waals surface area contributed by atoms with Gasteiger partial charge in [-0.3, -0.25) is 4.79 Å². The third-order valence-corrected chi connectivity index (χ3v) is 3.27. The maximum absolute atomic E-state index is 12.2. The number of pyridine rings is 1. The third-order valence-electron chi connectivity index (χ3n) is 3.27. The summed E-state index contributed by atoms with van der Waals surface area (Å²) in [7, 11) is 1.68. The molecule has 1 aromatic carbocycles. The number of amides is 1. The second-order valence-electron chi connectivity index (χ2n) is 5.12. The number of hydrogen-bond donors (Lipinski definition) is 2. The number of carbonyl (C=O) groups is 1. The first kappa shape index (κ1) is 17.7. The Hall–Kier alpha value is -2.60. The number of methoxy groups -OCH3 is 1. The minimum Gasteiger partial charge on any atom is -0.494 e. The van der Waals surface area contributed by atoms with Crippen LogP contribution >= 0.6 is 0 Å². The molecule has 128 valence electrons. The fourth-order valence-electron chi connectivity index (χ4n) is 2.08. The molecule has 0 fully saturated rings. The summed E-state index contributed by atoms with van der Waals surface area (Å²) >= 11 is 0. The van der Waals surface area contributed by atoms with E-state index in [9.17, 15) is 4.79 Å². The van der Waals surface area contributed by atoms with E-state index < -0.39 is 0 Å². The van der Waals surface area contributed by atoms with Gasteiger partial charge in [-0.1, -0.05) is 0 Å². The fraction of sp³-hybridized carbons (Fsp3) is 0.333. The van der Waals surface area contributed by atoms with Crippen LogP contribution in [-0.2, 0) is 4.74 Å². The summed E-state index contributed by atoms with van der Waals surface area (Å²) in [6.45, 7) is 4.05. The lowest BCUT2D eigenvalue weighted by atomic mass is 10.2. The topological polar surface area (TPSA) is 72.5 Å². The Morgan fingerprint density at radius 3 is 2.50 bits per heavy atom. The van der Waals surface area contributed by atoms with E-state index in [0.29, 0.717) is 24.6 Å². The van der Waals surface area contributed by atoms with E-state index in [0.717, 1.165) is 24.4 Å². The second kappa shape index (κ2) is 9.52. The van der Waals surface area contributed by atoms with Crippen molar-refractivity contribution in [3.63, 3.8) is 0 Å². The zero-order chi connectivity index (χ0) is 17.2. The van der Waals surface area contributed by atoms with E-state index in [1.54, 1.807) is 31.5 Å². The molecule has 0 aliphatic carbocycles. The van der Waals surface area contributed by atoms with Crippen molar-refractivity contribution in [2.75, 3.05) is 37.5 Å². The number of hydrogen-bond acceptors (Lipinski definition) is 5. The van der Waals surface area contributed by atoms with Crippen LogP contribution in [0.3, 0.4) is 0 Å². The number of nitrogens with zero attached hydrogens (tertiary/aromatic N) is 1. The molecule has 1 heterocycles. The first-order chi connectivity index (χ1) is 11.7. The van der Waals surface area contributed by atoms with Crippen LogP contribution in [0.4, 0.5) is 11.4 Å². The lowest BCUT2D eigenvalue weighted by Crippen LogP contribution is -2.14. The van der Waals surface area contributed by atoms with E-state index >= 15 is 0 Å². The van der Waals surface area contributed by atoms with Gasteiger partial charge in [0.1, 0.15) is 11.4 Å². The molecular formula is C18H23N3O3. The predicted octanol–water partition coefficient (Wildman–Crippen LogP) is 3.18. The van der Waals surface area contributed by atoms with Crippen LogP contribution in [0.25, 0.3) is 0 Å². The van der Waals surface area contributed by atoms with Gasteiger partial charge < -0.3 is 20.1 Å². The molecule has 0 spiro atoms. The van der Waals surface area contributed by atoms with E-state index in [4.69, 9.17) is 9.47 Å². The Morgan fingerprint density at radius 2 is 1.88 bits per heavy atom. The predicted molar refractivity (Wildman–Crippen MR) is 94.8 cm³/mol. The molecule has 0 saturated heterocycles. The molecule has 2 N–H and O–H groups in total. The molecule has 1 aromatic heterocycles. The molecule has 0 radical (unpaired) electrons. The van der Waals surface area contributed by atoms with E-state index in [1.165, 1.54) is 0 Å². The molecule has 0 aliphatic heterocycles. The number of ether oxygens (including phenoxy) is 2. The van der Waals surface area contributed by atoms with Crippen LogP contribution in [0.15, 0.2) is 42.6 Å². The van der Waals surface area contributed by atoms with E-state index in [2.05, 4.69) is 15.6 Å². The summed E-state index contributed by atoms with van der Waals surface area (Å²) in [6.07, 6.45) is 2.57. The summed E-state index contributed by atoms with van der Waals surface area (Å²) in [5.41, 5.74) is 1.95. The van der Waals surface area contributed by atoms with Gasteiger partial charge in [-0.25, -0.2) is 4.98 Å². The fourth-order valence-corrected chi connectivity index (χ4v) is 2.08. The zero-order valence-electron chi connectivity index (χ0n) is 14.0. The standard InChI is InChI=1S/C18H23N3O3/c1-3-24-16-8-5-14(6-9-16)21-18(22)17-10-7-15(13-20-17)19-11-4-12-23-2/h5-10,13,19H,3-4,11-12H2,1-2H3,(H,21,22). The Morgan fingerprint density at radius 1 is 1.12 bits per heavy atom. The quantitative estimate of drug-likeness (QED) is 0.691. The van der Waals surface area contributed by atoms with E-state index in [-0.39, 0.29) is 5.91 Å². The first-order valence-electron chi connectivity index (χ1n) is 7.96. The van der Waals surface area contributed by atoms with Crippen molar-refractivity contribution in [3.8, 4) is 5.75 Å². The highest BCUT2D eigenvalue weighted by atomic mass is 16.5. The van der Waals surface area contributed by atoms with Gasteiger partial charge in [0.25, 0.3) is 5.91 Å². The third kappa shape index (κ3) is 5.55. The van der Waals surface area contributed by atoms with E-state index in [1.807, 2.05) is 25.1 Å². The van der Waals surface area contributed by atoms with Gasteiger partial charge in [-0.05, 0) is 49.7 Å². The van der Waals surface area contributed by atoms with Crippen molar-refractivity contribution in [1.82, 2.24) is 4.98 Å². The molecular weight excluding hydrogens is 306 g/mol. The summed E-state index contributed by atoms with van der Waals surface area (Å²) in [6, 6.07) is 10.8. The van der Waals surface area contributed by atoms with Crippen LogP contribution in [-0.4, -0.2) is 37.8 Å². The van der Waals surface area contributed by atoms with Gasteiger partial charge in [0.05, 0.1) is 18.5 Å². The molecule has 0 saturated carbocycles. The van der Waals surface area contributed by atoms with Crippen molar-refractivity contribution in [3.05, 3.63) is 48.3 Å². The lowest BCUT2D eigenvalue weighted by Gasteiger charge is -2.08. The Bertz CT molecular complexity index is 627. The lowest BCUT2D eigenvalue weighted by molar-refractivity contribution is 0.102. The maximum Gasteiger partial charge on any atom is 0.274 e. The number of aromatic nitrogens is 1. The van der Waals surface area contributed by atoms with Gasteiger partial charge in [0, 0.05) is 25.9 Å². The number of nitrogens with one attached hydrogen (secondary N) is 2. The molecule has 2 rings (SSSR count). The average Bonchev–Trinajstić information content (AvgIpc) is 2.61. The number of anilines is 2. The van der Waals surface area contributed by atoms with Crippen LogP contribution in [0, 0.1) is 0 Å². The summed E-state index contributed by atoms with van der Waals surface area (Å²) < 4.78 is 10.4. The highest BCUT2D eigenvalue weighted by Gasteiger charge is 2.07. The highest BCUT2D eigenvalue weighted by Crippen LogP contribution is 2.16. The maximum atomic E-state index is 12.2. The monoisotopic (exact) mass is 329 g/mol. The molecule has 1 amide bonds. The Kier molecular flexibility index (Phi) is 7.04. The normalized spacial score (nSPS) is 10.2. The number of rotatable bonds is 9. The van der Waals surface area contributed by atoms with Crippen molar-refractivity contribution in [1.29, 1.82) is 0 Å². The highest BCUT2D eigenvalue weighted by molar-refractivity contribution is 6.02.